The predicted octanol–water partition coefficient (Wildman–Crippen LogP) is 1.00. The van der Waals surface area contributed by atoms with E-state index in [0.717, 1.165) is 25.0 Å². The van der Waals surface area contributed by atoms with Crippen LogP contribution in [0.1, 0.15) is 26.2 Å². The molecular formula is C12H24N2O. The number of nitrogens with one attached hydrogen (secondary N) is 2. The van der Waals surface area contributed by atoms with Gasteiger partial charge in [0.15, 0.2) is 0 Å². The molecule has 2 aliphatic heterocycles. The highest BCUT2D eigenvalue weighted by Gasteiger charge is 2.22. The Morgan fingerprint density at radius 2 is 2.40 bits per heavy atom. The van der Waals surface area contributed by atoms with Gasteiger partial charge in [0.1, 0.15) is 0 Å². The molecule has 0 aliphatic carbocycles. The van der Waals surface area contributed by atoms with Crippen molar-refractivity contribution < 1.29 is 4.74 Å². The lowest BCUT2D eigenvalue weighted by atomic mass is 10.00. The van der Waals surface area contributed by atoms with Gasteiger partial charge < -0.3 is 15.4 Å². The molecule has 3 unspecified atom stereocenters. The van der Waals surface area contributed by atoms with E-state index in [1.165, 1.54) is 38.9 Å². The van der Waals surface area contributed by atoms with Crippen LogP contribution in [0.2, 0.25) is 0 Å². The van der Waals surface area contributed by atoms with Gasteiger partial charge in [0, 0.05) is 12.6 Å². The molecule has 2 fully saturated rings. The average Bonchev–Trinajstić information content (AvgIpc) is 2.90. The number of hydrogen-bond donors (Lipinski definition) is 2. The third-order valence-corrected chi connectivity index (χ3v) is 3.85. The van der Waals surface area contributed by atoms with Gasteiger partial charge in [0.05, 0.1) is 6.61 Å². The Morgan fingerprint density at radius 3 is 3.07 bits per heavy atom. The molecule has 15 heavy (non-hydrogen) atoms. The molecule has 0 aromatic rings. The summed E-state index contributed by atoms with van der Waals surface area (Å²) >= 11 is 0. The van der Waals surface area contributed by atoms with Crippen LogP contribution in [0.25, 0.3) is 0 Å². The van der Waals surface area contributed by atoms with Crippen LogP contribution in [0.4, 0.5) is 0 Å². The van der Waals surface area contributed by atoms with Gasteiger partial charge in [0.25, 0.3) is 0 Å². The minimum Gasteiger partial charge on any atom is -0.381 e. The topological polar surface area (TPSA) is 33.3 Å². The van der Waals surface area contributed by atoms with E-state index in [-0.39, 0.29) is 0 Å². The van der Waals surface area contributed by atoms with Gasteiger partial charge in [-0.05, 0) is 57.7 Å². The van der Waals surface area contributed by atoms with Crippen LogP contribution in [0.5, 0.6) is 0 Å². The lowest BCUT2D eigenvalue weighted by molar-refractivity contribution is 0.178. The smallest absolute Gasteiger partial charge is 0.0509 e. The molecule has 2 aliphatic rings. The van der Waals surface area contributed by atoms with Crippen LogP contribution in [0.15, 0.2) is 0 Å². The predicted molar refractivity (Wildman–Crippen MR) is 62.0 cm³/mol. The molecule has 0 aromatic heterocycles. The summed E-state index contributed by atoms with van der Waals surface area (Å²) in [7, 11) is 0. The first-order chi connectivity index (χ1) is 7.36. The van der Waals surface area contributed by atoms with Crippen molar-refractivity contribution in [2.24, 2.45) is 11.8 Å². The lowest BCUT2D eigenvalue weighted by Crippen LogP contribution is -2.35. The van der Waals surface area contributed by atoms with E-state index in [0.29, 0.717) is 6.04 Å². The fourth-order valence-corrected chi connectivity index (χ4v) is 2.59. The summed E-state index contributed by atoms with van der Waals surface area (Å²) in [6.07, 6.45) is 3.92. The largest absolute Gasteiger partial charge is 0.381 e. The normalized spacial score (nSPS) is 33.4. The summed E-state index contributed by atoms with van der Waals surface area (Å²) in [5.41, 5.74) is 0. The van der Waals surface area contributed by atoms with Gasteiger partial charge in [-0.25, -0.2) is 0 Å². The zero-order valence-electron chi connectivity index (χ0n) is 9.80. The molecule has 0 radical (unpaired) electrons. The molecule has 2 saturated heterocycles. The summed E-state index contributed by atoms with van der Waals surface area (Å²) in [6.45, 7) is 7.83. The van der Waals surface area contributed by atoms with E-state index >= 15 is 0 Å². The average molecular weight is 212 g/mol. The molecule has 0 aromatic carbocycles. The van der Waals surface area contributed by atoms with Gasteiger partial charge in [-0.2, -0.15) is 0 Å². The maximum Gasteiger partial charge on any atom is 0.0509 e. The van der Waals surface area contributed by atoms with Crippen LogP contribution < -0.4 is 10.6 Å². The Hall–Kier alpha value is -0.120. The highest BCUT2D eigenvalue weighted by molar-refractivity contribution is 4.77. The van der Waals surface area contributed by atoms with Gasteiger partial charge in [-0.15, -0.1) is 0 Å². The van der Waals surface area contributed by atoms with Crippen molar-refractivity contribution in [2.45, 2.75) is 32.2 Å². The highest BCUT2D eigenvalue weighted by atomic mass is 16.5. The molecule has 3 nitrogen and oxygen atoms in total. The summed E-state index contributed by atoms with van der Waals surface area (Å²) in [4.78, 5) is 0. The van der Waals surface area contributed by atoms with Crippen LogP contribution in [0, 0.1) is 11.8 Å². The number of rotatable bonds is 5. The Kier molecular flexibility index (Phi) is 4.42. The second kappa shape index (κ2) is 5.83. The van der Waals surface area contributed by atoms with E-state index < -0.39 is 0 Å². The molecular weight excluding hydrogens is 188 g/mol. The van der Waals surface area contributed by atoms with Crippen molar-refractivity contribution in [1.29, 1.82) is 0 Å². The first-order valence-electron chi connectivity index (χ1n) is 6.38. The maximum atomic E-state index is 5.41. The third-order valence-electron chi connectivity index (χ3n) is 3.85. The SMILES string of the molecule is CC(NCCC1CCNC1)C1CCOC1. The van der Waals surface area contributed by atoms with Crippen molar-refractivity contribution >= 4 is 0 Å². The van der Waals surface area contributed by atoms with Crippen molar-refractivity contribution in [1.82, 2.24) is 10.6 Å². The van der Waals surface area contributed by atoms with Gasteiger partial charge in [-0.1, -0.05) is 0 Å². The molecule has 3 atom stereocenters. The van der Waals surface area contributed by atoms with Crippen LogP contribution in [0.3, 0.4) is 0 Å². The van der Waals surface area contributed by atoms with E-state index in [1.807, 2.05) is 0 Å². The zero-order valence-corrected chi connectivity index (χ0v) is 9.80. The Labute approximate surface area is 93.0 Å². The fraction of sp³-hybridized carbons (Fsp3) is 1.00. The second-order valence-electron chi connectivity index (χ2n) is 5.01. The Bertz CT molecular complexity index is 174. The van der Waals surface area contributed by atoms with E-state index in [1.54, 1.807) is 0 Å². The molecule has 0 spiro atoms. The Balaban J connectivity index is 1.56. The highest BCUT2D eigenvalue weighted by Crippen LogP contribution is 2.17. The van der Waals surface area contributed by atoms with Crippen molar-refractivity contribution in [3.8, 4) is 0 Å². The van der Waals surface area contributed by atoms with Crippen molar-refractivity contribution in [3.05, 3.63) is 0 Å². The van der Waals surface area contributed by atoms with Crippen LogP contribution in [-0.4, -0.2) is 38.9 Å². The monoisotopic (exact) mass is 212 g/mol. The molecule has 0 saturated carbocycles. The third kappa shape index (κ3) is 3.44. The second-order valence-corrected chi connectivity index (χ2v) is 5.01. The van der Waals surface area contributed by atoms with Crippen LogP contribution >= 0.6 is 0 Å². The molecule has 0 bridgehead atoms. The van der Waals surface area contributed by atoms with E-state index in [4.69, 9.17) is 4.74 Å². The summed E-state index contributed by atoms with van der Waals surface area (Å²) < 4.78 is 5.41. The van der Waals surface area contributed by atoms with Gasteiger partial charge >= 0.3 is 0 Å². The van der Waals surface area contributed by atoms with Gasteiger partial charge in [0.2, 0.25) is 0 Å². The minimum atomic E-state index is 0.627. The van der Waals surface area contributed by atoms with Crippen molar-refractivity contribution in [3.63, 3.8) is 0 Å². The molecule has 3 heteroatoms. The molecule has 2 heterocycles. The standard InChI is InChI=1S/C12H24N2O/c1-10(12-4-7-15-9-12)14-6-3-11-2-5-13-8-11/h10-14H,2-9H2,1H3. The van der Waals surface area contributed by atoms with Crippen molar-refractivity contribution in [2.75, 3.05) is 32.8 Å². The van der Waals surface area contributed by atoms with E-state index in [9.17, 15) is 0 Å². The number of hydrogen-bond acceptors (Lipinski definition) is 3. The molecule has 2 rings (SSSR count). The lowest BCUT2D eigenvalue weighted by Gasteiger charge is -2.20. The molecule has 0 amide bonds. The first-order valence-corrected chi connectivity index (χ1v) is 6.38. The van der Waals surface area contributed by atoms with Crippen LogP contribution in [-0.2, 0) is 4.74 Å². The Morgan fingerprint density at radius 1 is 1.47 bits per heavy atom. The van der Waals surface area contributed by atoms with E-state index in [2.05, 4.69) is 17.6 Å². The number of ether oxygens (including phenoxy) is 1. The fourth-order valence-electron chi connectivity index (χ4n) is 2.59. The summed E-state index contributed by atoms with van der Waals surface area (Å²) in [5, 5.41) is 7.06. The summed E-state index contributed by atoms with van der Waals surface area (Å²) in [5.74, 6) is 1.65. The maximum absolute atomic E-state index is 5.41. The first kappa shape index (κ1) is 11.4. The molecule has 2 N–H and O–H groups in total. The molecule has 88 valence electrons. The minimum absolute atomic E-state index is 0.627. The summed E-state index contributed by atoms with van der Waals surface area (Å²) in [6, 6.07) is 0.627. The quantitative estimate of drug-likeness (QED) is 0.713. The van der Waals surface area contributed by atoms with Gasteiger partial charge in [-0.3, -0.25) is 0 Å². The zero-order chi connectivity index (χ0) is 10.5.